The summed E-state index contributed by atoms with van der Waals surface area (Å²) in [6.07, 6.45) is 2.46. The highest BCUT2D eigenvalue weighted by molar-refractivity contribution is 5.94. The van der Waals surface area contributed by atoms with Crippen LogP contribution in [0.3, 0.4) is 0 Å². The van der Waals surface area contributed by atoms with Crippen LogP contribution in [-0.2, 0) is 4.74 Å². The van der Waals surface area contributed by atoms with E-state index in [0.717, 1.165) is 29.6 Å². The third-order valence-electron chi connectivity index (χ3n) is 3.98. The Hall–Kier alpha value is -2.86. The molecular formula is C18H18N4O2. The van der Waals surface area contributed by atoms with Gasteiger partial charge in [0, 0.05) is 23.6 Å². The van der Waals surface area contributed by atoms with Crippen molar-refractivity contribution in [3.05, 3.63) is 48.8 Å². The zero-order valence-electron chi connectivity index (χ0n) is 13.1. The molecule has 1 fully saturated rings. The number of hydrogen-bond acceptors (Lipinski definition) is 6. The molecule has 6 heteroatoms. The van der Waals surface area contributed by atoms with Crippen molar-refractivity contribution in [3.8, 4) is 5.75 Å². The number of hydrogen-bond donors (Lipinski definition) is 2. The van der Waals surface area contributed by atoms with Crippen LogP contribution < -0.4 is 15.8 Å². The SMILES string of the molecule is Nc1cc2c(Nc3ccccc3)ncnc2cc1O[C@H]1CCOC1. The molecule has 122 valence electrons. The molecule has 0 spiro atoms. The van der Waals surface area contributed by atoms with Gasteiger partial charge in [-0.05, 0) is 18.2 Å². The highest BCUT2D eigenvalue weighted by Gasteiger charge is 2.19. The van der Waals surface area contributed by atoms with Gasteiger partial charge in [-0.1, -0.05) is 18.2 Å². The van der Waals surface area contributed by atoms with Gasteiger partial charge in [0.25, 0.3) is 0 Å². The summed E-state index contributed by atoms with van der Waals surface area (Å²) in [6, 6.07) is 13.6. The summed E-state index contributed by atoms with van der Waals surface area (Å²) in [4.78, 5) is 8.68. The molecule has 0 saturated carbocycles. The molecule has 1 atom stereocenters. The van der Waals surface area contributed by atoms with E-state index in [9.17, 15) is 0 Å². The summed E-state index contributed by atoms with van der Waals surface area (Å²) in [5.41, 5.74) is 8.49. The van der Waals surface area contributed by atoms with Gasteiger partial charge < -0.3 is 20.5 Å². The van der Waals surface area contributed by atoms with Crippen molar-refractivity contribution in [2.24, 2.45) is 0 Å². The number of nitrogens with zero attached hydrogens (tertiary/aromatic N) is 2. The van der Waals surface area contributed by atoms with Crippen LogP contribution in [0.4, 0.5) is 17.2 Å². The Labute approximate surface area is 139 Å². The number of nitrogen functional groups attached to an aromatic ring is 1. The summed E-state index contributed by atoms with van der Waals surface area (Å²) >= 11 is 0. The summed E-state index contributed by atoms with van der Waals surface area (Å²) in [7, 11) is 0. The summed E-state index contributed by atoms with van der Waals surface area (Å²) in [5.74, 6) is 1.36. The van der Waals surface area contributed by atoms with Gasteiger partial charge in [-0.2, -0.15) is 0 Å². The number of aromatic nitrogens is 2. The lowest BCUT2D eigenvalue weighted by Gasteiger charge is -2.15. The predicted octanol–water partition coefficient (Wildman–Crippen LogP) is 3.12. The van der Waals surface area contributed by atoms with E-state index in [1.807, 2.05) is 42.5 Å². The number of para-hydroxylation sites is 1. The second kappa shape index (κ2) is 6.33. The average molecular weight is 322 g/mol. The molecule has 1 aliphatic rings. The van der Waals surface area contributed by atoms with Crippen LogP contribution in [-0.4, -0.2) is 29.3 Å². The third kappa shape index (κ3) is 2.96. The van der Waals surface area contributed by atoms with Gasteiger partial charge in [0.1, 0.15) is 24.0 Å². The molecule has 2 heterocycles. The number of anilines is 3. The van der Waals surface area contributed by atoms with Gasteiger partial charge in [-0.15, -0.1) is 0 Å². The largest absolute Gasteiger partial charge is 0.486 e. The minimum absolute atomic E-state index is 0.0495. The van der Waals surface area contributed by atoms with Crippen LogP contribution in [0.5, 0.6) is 5.75 Å². The van der Waals surface area contributed by atoms with Crippen LogP contribution >= 0.6 is 0 Å². The van der Waals surface area contributed by atoms with Gasteiger partial charge in [-0.3, -0.25) is 0 Å². The van der Waals surface area contributed by atoms with E-state index in [1.54, 1.807) is 0 Å². The maximum atomic E-state index is 6.18. The Morgan fingerprint density at radius 2 is 2.04 bits per heavy atom. The zero-order valence-corrected chi connectivity index (χ0v) is 13.1. The van der Waals surface area contributed by atoms with Crippen molar-refractivity contribution in [2.75, 3.05) is 24.3 Å². The standard InChI is InChI=1S/C18H18N4O2/c19-15-8-14-16(9-17(15)24-13-6-7-23-10-13)20-11-21-18(14)22-12-4-2-1-3-5-12/h1-5,8-9,11,13H,6-7,10,19H2,(H,20,21,22)/t13-/m0/s1. The molecule has 1 aromatic heterocycles. The van der Waals surface area contributed by atoms with E-state index in [2.05, 4.69) is 15.3 Å². The molecule has 0 radical (unpaired) electrons. The molecule has 0 aliphatic carbocycles. The first kappa shape index (κ1) is 14.7. The molecule has 1 saturated heterocycles. The topological polar surface area (TPSA) is 82.3 Å². The van der Waals surface area contributed by atoms with Gasteiger partial charge in [0.2, 0.25) is 0 Å². The Morgan fingerprint density at radius 3 is 2.83 bits per heavy atom. The Bertz CT molecular complexity index is 848. The highest BCUT2D eigenvalue weighted by Crippen LogP contribution is 2.32. The fourth-order valence-electron chi connectivity index (χ4n) is 2.75. The summed E-state index contributed by atoms with van der Waals surface area (Å²) in [5, 5.41) is 4.15. The van der Waals surface area contributed by atoms with Crippen molar-refractivity contribution in [2.45, 2.75) is 12.5 Å². The molecule has 0 amide bonds. The normalized spacial score (nSPS) is 17.1. The van der Waals surface area contributed by atoms with Gasteiger partial charge >= 0.3 is 0 Å². The first-order chi connectivity index (χ1) is 11.8. The summed E-state index contributed by atoms with van der Waals surface area (Å²) in [6.45, 7) is 1.33. The summed E-state index contributed by atoms with van der Waals surface area (Å²) < 4.78 is 11.3. The highest BCUT2D eigenvalue weighted by atomic mass is 16.5. The lowest BCUT2D eigenvalue weighted by atomic mass is 10.2. The number of benzene rings is 2. The number of rotatable bonds is 4. The number of ether oxygens (including phenoxy) is 2. The van der Waals surface area contributed by atoms with E-state index in [4.69, 9.17) is 15.2 Å². The van der Waals surface area contributed by atoms with Crippen LogP contribution in [0.2, 0.25) is 0 Å². The first-order valence-corrected chi connectivity index (χ1v) is 7.90. The van der Waals surface area contributed by atoms with Crippen LogP contribution in [0.25, 0.3) is 10.9 Å². The van der Waals surface area contributed by atoms with E-state index in [0.29, 0.717) is 23.9 Å². The minimum Gasteiger partial charge on any atom is -0.486 e. The van der Waals surface area contributed by atoms with Crippen LogP contribution in [0, 0.1) is 0 Å². The second-order valence-electron chi connectivity index (χ2n) is 5.72. The van der Waals surface area contributed by atoms with E-state index in [-0.39, 0.29) is 6.10 Å². The van der Waals surface area contributed by atoms with E-state index in [1.165, 1.54) is 6.33 Å². The Kier molecular flexibility index (Phi) is 3.88. The predicted molar refractivity (Wildman–Crippen MR) is 93.5 cm³/mol. The Balaban J connectivity index is 1.68. The lowest BCUT2D eigenvalue weighted by molar-refractivity contribution is 0.142. The molecule has 4 rings (SSSR count). The molecule has 1 aliphatic heterocycles. The fraction of sp³-hybridized carbons (Fsp3) is 0.222. The van der Waals surface area contributed by atoms with Gasteiger partial charge in [0.05, 0.1) is 24.4 Å². The van der Waals surface area contributed by atoms with Crippen molar-refractivity contribution in [1.29, 1.82) is 0 Å². The molecule has 0 unspecified atom stereocenters. The Morgan fingerprint density at radius 1 is 1.17 bits per heavy atom. The average Bonchev–Trinajstić information content (AvgIpc) is 3.10. The van der Waals surface area contributed by atoms with Gasteiger partial charge in [-0.25, -0.2) is 9.97 Å². The smallest absolute Gasteiger partial charge is 0.144 e. The monoisotopic (exact) mass is 322 g/mol. The number of nitrogens with two attached hydrogens (primary N) is 1. The molecule has 24 heavy (non-hydrogen) atoms. The van der Waals surface area contributed by atoms with Crippen molar-refractivity contribution >= 4 is 28.1 Å². The molecule has 3 N–H and O–H groups in total. The third-order valence-corrected chi connectivity index (χ3v) is 3.98. The second-order valence-corrected chi connectivity index (χ2v) is 5.72. The number of fused-ring (bicyclic) bond motifs is 1. The molecule has 0 bridgehead atoms. The van der Waals surface area contributed by atoms with Crippen LogP contribution in [0.1, 0.15) is 6.42 Å². The van der Waals surface area contributed by atoms with Gasteiger partial charge in [0.15, 0.2) is 0 Å². The minimum atomic E-state index is 0.0495. The fourth-order valence-corrected chi connectivity index (χ4v) is 2.75. The zero-order chi connectivity index (χ0) is 16.4. The van der Waals surface area contributed by atoms with E-state index < -0.39 is 0 Å². The number of nitrogens with one attached hydrogen (secondary N) is 1. The molecular weight excluding hydrogens is 304 g/mol. The molecule has 2 aromatic carbocycles. The van der Waals surface area contributed by atoms with Crippen LogP contribution in [0.15, 0.2) is 48.8 Å². The first-order valence-electron chi connectivity index (χ1n) is 7.90. The molecule has 6 nitrogen and oxygen atoms in total. The van der Waals surface area contributed by atoms with Crippen molar-refractivity contribution in [1.82, 2.24) is 9.97 Å². The van der Waals surface area contributed by atoms with Crippen molar-refractivity contribution in [3.63, 3.8) is 0 Å². The van der Waals surface area contributed by atoms with Crippen molar-refractivity contribution < 1.29 is 9.47 Å². The maximum Gasteiger partial charge on any atom is 0.144 e. The quantitative estimate of drug-likeness (QED) is 0.718. The lowest BCUT2D eigenvalue weighted by Crippen LogP contribution is -2.16. The molecule has 3 aromatic rings. The van der Waals surface area contributed by atoms with E-state index >= 15 is 0 Å². The maximum absolute atomic E-state index is 6.18.